The van der Waals surface area contributed by atoms with Crippen LogP contribution >= 0.6 is 0 Å². The lowest BCUT2D eigenvalue weighted by Crippen LogP contribution is -2.21. The van der Waals surface area contributed by atoms with Crippen LogP contribution in [0.3, 0.4) is 0 Å². The van der Waals surface area contributed by atoms with Gasteiger partial charge >= 0.3 is 0 Å². The molecule has 0 spiro atoms. The summed E-state index contributed by atoms with van der Waals surface area (Å²) in [4.78, 5) is 0. The van der Waals surface area contributed by atoms with Crippen molar-refractivity contribution >= 4 is 11.1 Å². The summed E-state index contributed by atoms with van der Waals surface area (Å²) in [7, 11) is 0. The molecule has 4 nitrogen and oxygen atoms in total. The second kappa shape index (κ2) is 11.5. The predicted octanol–water partition coefficient (Wildman–Crippen LogP) is 7.69. The van der Waals surface area contributed by atoms with Crippen molar-refractivity contribution in [1.29, 1.82) is 21.0 Å². The van der Waals surface area contributed by atoms with Gasteiger partial charge in [-0.2, -0.15) is 21.0 Å². The Hall–Kier alpha value is -6.20. The molecule has 0 unspecified atom stereocenters. The Morgan fingerprint density at radius 1 is 0.325 bits per heavy atom. The van der Waals surface area contributed by atoms with Crippen LogP contribution in [0.5, 0.6) is 0 Å². The molecule has 0 saturated heterocycles. The number of benzene rings is 4. The van der Waals surface area contributed by atoms with E-state index < -0.39 is 0 Å². The van der Waals surface area contributed by atoms with Crippen LogP contribution in [-0.4, -0.2) is 0 Å². The van der Waals surface area contributed by atoms with E-state index in [2.05, 4.69) is 0 Å². The summed E-state index contributed by atoms with van der Waals surface area (Å²) in [5, 5.41) is 40.2. The highest BCUT2D eigenvalue weighted by molar-refractivity contribution is 6.05. The van der Waals surface area contributed by atoms with Gasteiger partial charge in [0.05, 0.1) is 0 Å². The summed E-state index contributed by atoms with van der Waals surface area (Å²) in [5.41, 5.74) is 6.74. The van der Waals surface area contributed by atoms with Crippen LogP contribution in [0.1, 0.15) is 22.3 Å². The molecule has 0 radical (unpaired) electrons. The zero-order valence-corrected chi connectivity index (χ0v) is 21.3. The molecule has 0 heterocycles. The Balaban J connectivity index is 2.09. The third-order valence-corrected chi connectivity index (χ3v) is 6.70. The molecule has 0 amide bonds. The minimum absolute atomic E-state index is 0.151. The molecule has 1 fully saturated rings. The van der Waals surface area contributed by atoms with Crippen molar-refractivity contribution in [2.45, 2.75) is 0 Å². The first kappa shape index (κ1) is 25.4. The van der Waals surface area contributed by atoms with Crippen molar-refractivity contribution in [3.63, 3.8) is 0 Å². The van der Waals surface area contributed by atoms with Crippen LogP contribution in [0.4, 0.5) is 0 Å². The molecule has 1 aliphatic carbocycles. The van der Waals surface area contributed by atoms with E-state index in [-0.39, 0.29) is 11.1 Å². The summed E-state index contributed by atoms with van der Waals surface area (Å²) >= 11 is 0. The van der Waals surface area contributed by atoms with Crippen LogP contribution in [0.2, 0.25) is 0 Å². The molecule has 4 heteroatoms. The van der Waals surface area contributed by atoms with E-state index in [1.165, 1.54) is 0 Å². The first-order chi connectivity index (χ1) is 19.7. The number of nitrogens with zero attached hydrogens (tertiary/aromatic N) is 4. The maximum Gasteiger partial charge on any atom is 0.138 e. The topological polar surface area (TPSA) is 95.2 Å². The first-order valence-corrected chi connectivity index (χ1v) is 12.5. The molecule has 1 aliphatic rings. The standard InChI is InChI=1S/C36H20N4/c37-21-29(22-38)33-34(30(23-39)24-40)36(32(27-17-9-3-10-18-27)28-19-11-4-12-20-28)35(33)31(25-13-5-1-6-14-25)26-15-7-2-8-16-26/h1-20H. The fourth-order valence-electron chi connectivity index (χ4n) is 5.04. The van der Waals surface area contributed by atoms with E-state index in [0.717, 1.165) is 33.4 Å². The van der Waals surface area contributed by atoms with Crippen LogP contribution in [0.25, 0.3) is 11.1 Å². The highest BCUT2D eigenvalue weighted by Crippen LogP contribution is 2.55. The molecule has 1 saturated carbocycles. The van der Waals surface area contributed by atoms with Gasteiger partial charge in [0.25, 0.3) is 0 Å². The lowest BCUT2D eigenvalue weighted by Gasteiger charge is -2.36. The van der Waals surface area contributed by atoms with Crippen molar-refractivity contribution in [3.8, 4) is 24.3 Å². The maximum atomic E-state index is 10.0. The molecule has 184 valence electrons. The third-order valence-electron chi connectivity index (χ3n) is 6.70. The number of hydrogen-bond donors (Lipinski definition) is 0. The van der Waals surface area contributed by atoms with E-state index in [1.54, 1.807) is 0 Å². The van der Waals surface area contributed by atoms with E-state index in [4.69, 9.17) is 0 Å². The van der Waals surface area contributed by atoms with Gasteiger partial charge in [-0.15, -0.1) is 0 Å². The van der Waals surface area contributed by atoms with Crippen molar-refractivity contribution < 1.29 is 0 Å². The smallest absolute Gasteiger partial charge is 0.138 e. The first-order valence-electron chi connectivity index (χ1n) is 12.5. The van der Waals surface area contributed by atoms with Gasteiger partial charge in [-0.05, 0) is 33.4 Å². The Morgan fingerprint density at radius 3 is 0.750 bits per heavy atom. The average Bonchev–Trinajstić information content (AvgIpc) is 3.03. The lowest BCUT2D eigenvalue weighted by atomic mass is 9.64. The fraction of sp³-hybridized carbons (Fsp3) is 0. The van der Waals surface area contributed by atoms with Crippen LogP contribution in [0, 0.1) is 45.3 Å². The molecule has 0 N–H and O–H groups in total. The van der Waals surface area contributed by atoms with Gasteiger partial charge in [0.15, 0.2) is 0 Å². The van der Waals surface area contributed by atoms with Gasteiger partial charge < -0.3 is 0 Å². The number of nitriles is 4. The molecule has 4 aromatic carbocycles. The summed E-state index contributed by atoms with van der Waals surface area (Å²) in [5.74, 6) is 0. The van der Waals surface area contributed by atoms with Crippen molar-refractivity contribution in [1.82, 2.24) is 0 Å². The largest absolute Gasteiger partial charge is 0.192 e. The van der Waals surface area contributed by atoms with Gasteiger partial charge in [0, 0.05) is 22.3 Å². The third kappa shape index (κ3) is 4.51. The monoisotopic (exact) mass is 508 g/mol. The number of rotatable bonds is 4. The lowest BCUT2D eigenvalue weighted by molar-refractivity contribution is 1.19. The van der Waals surface area contributed by atoms with Crippen LogP contribution in [0.15, 0.2) is 155 Å². The van der Waals surface area contributed by atoms with Crippen molar-refractivity contribution in [2.24, 2.45) is 0 Å². The zero-order valence-electron chi connectivity index (χ0n) is 21.3. The van der Waals surface area contributed by atoms with Crippen molar-refractivity contribution in [2.75, 3.05) is 0 Å². The Kier molecular flexibility index (Phi) is 7.29. The SMILES string of the molecule is N#CC(C#N)=C1C(=C(C#N)C#N)C(=C(c2ccccc2)c2ccccc2)C1=C(c1ccccc1)c1ccccc1. The number of allylic oxidation sites excluding steroid dienone is 6. The second-order valence-corrected chi connectivity index (χ2v) is 8.91. The van der Waals surface area contributed by atoms with Crippen LogP contribution < -0.4 is 0 Å². The average molecular weight is 509 g/mol. The predicted molar refractivity (Wildman–Crippen MR) is 154 cm³/mol. The molecular weight excluding hydrogens is 488 g/mol. The molecule has 0 aromatic heterocycles. The van der Waals surface area contributed by atoms with Gasteiger partial charge in [0.1, 0.15) is 35.4 Å². The van der Waals surface area contributed by atoms with E-state index in [9.17, 15) is 21.0 Å². The summed E-state index contributed by atoms with van der Waals surface area (Å²) in [6.45, 7) is 0. The Bertz CT molecular complexity index is 1620. The van der Waals surface area contributed by atoms with E-state index in [1.807, 2.05) is 146 Å². The highest BCUT2D eigenvalue weighted by Gasteiger charge is 2.41. The summed E-state index contributed by atoms with van der Waals surface area (Å²) < 4.78 is 0. The normalized spacial score (nSPS) is 11.7. The second-order valence-electron chi connectivity index (χ2n) is 8.91. The minimum atomic E-state index is -0.151. The molecular formula is C36H20N4. The summed E-state index contributed by atoms with van der Waals surface area (Å²) in [6.07, 6.45) is 0. The molecule has 4 aromatic rings. The molecule has 5 rings (SSSR count). The van der Waals surface area contributed by atoms with Crippen LogP contribution in [-0.2, 0) is 0 Å². The molecule has 0 bridgehead atoms. The quantitative estimate of drug-likeness (QED) is 0.264. The molecule has 40 heavy (non-hydrogen) atoms. The Morgan fingerprint density at radius 2 is 0.550 bits per heavy atom. The maximum absolute atomic E-state index is 10.0. The summed E-state index contributed by atoms with van der Waals surface area (Å²) in [6, 6.07) is 47.1. The number of hydrogen-bond acceptors (Lipinski definition) is 4. The van der Waals surface area contributed by atoms with Crippen molar-refractivity contribution in [3.05, 3.63) is 177 Å². The molecule has 0 aliphatic heterocycles. The van der Waals surface area contributed by atoms with E-state index in [0.29, 0.717) is 22.3 Å². The molecule has 0 atom stereocenters. The van der Waals surface area contributed by atoms with Gasteiger partial charge in [-0.25, -0.2) is 0 Å². The fourth-order valence-corrected chi connectivity index (χ4v) is 5.04. The Labute approximate surface area is 233 Å². The van der Waals surface area contributed by atoms with Gasteiger partial charge in [0.2, 0.25) is 0 Å². The highest BCUT2D eigenvalue weighted by atomic mass is 14.4. The minimum Gasteiger partial charge on any atom is -0.192 e. The van der Waals surface area contributed by atoms with Gasteiger partial charge in [-0.3, -0.25) is 0 Å². The van der Waals surface area contributed by atoms with Gasteiger partial charge in [-0.1, -0.05) is 121 Å². The van der Waals surface area contributed by atoms with E-state index >= 15 is 0 Å². The zero-order chi connectivity index (χ0) is 27.9.